The summed E-state index contributed by atoms with van der Waals surface area (Å²) < 4.78 is 39.9. The Bertz CT molecular complexity index is 543. The van der Waals surface area contributed by atoms with Gasteiger partial charge in [-0.2, -0.15) is 16.1 Å². The molecule has 19 heavy (non-hydrogen) atoms. The van der Waals surface area contributed by atoms with E-state index in [1.807, 2.05) is 0 Å². The molecule has 1 aromatic rings. The summed E-state index contributed by atoms with van der Waals surface area (Å²) in [6.07, 6.45) is 0. The van der Waals surface area contributed by atoms with Crippen LogP contribution in [0.5, 0.6) is 0 Å². The Labute approximate surface area is 117 Å². The first-order chi connectivity index (χ1) is 9.05. The molecule has 1 saturated heterocycles. The zero-order chi connectivity index (χ0) is 13.9. The highest BCUT2D eigenvalue weighted by molar-refractivity contribution is 7.99. The zero-order valence-corrected chi connectivity index (χ0v) is 12.4. The van der Waals surface area contributed by atoms with Crippen molar-refractivity contribution in [3.8, 4) is 0 Å². The summed E-state index contributed by atoms with van der Waals surface area (Å²) in [4.78, 5) is 0.0775. The molecular weight excluding hydrogens is 287 g/mol. The Morgan fingerprint density at radius 3 is 2.68 bits per heavy atom. The Hall–Kier alpha value is -0.630. The number of nitrogens with zero attached hydrogens (tertiary/aromatic N) is 1. The van der Waals surface area contributed by atoms with Gasteiger partial charge in [0.05, 0.1) is 4.90 Å². The van der Waals surface area contributed by atoms with Gasteiger partial charge >= 0.3 is 0 Å². The van der Waals surface area contributed by atoms with Gasteiger partial charge in [-0.25, -0.2) is 12.8 Å². The summed E-state index contributed by atoms with van der Waals surface area (Å²) in [5.74, 6) is 1.05. The van der Waals surface area contributed by atoms with Gasteiger partial charge in [0.2, 0.25) is 10.0 Å². The van der Waals surface area contributed by atoms with Crippen molar-refractivity contribution in [3.63, 3.8) is 0 Å². The predicted octanol–water partition coefficient (Wildman–Crippen LogP) is 1.28. The van der Waals surface area contributed by atoms with E-state index in [0.717, 1.165) is 17.6 Å². The lowest BCUT2D eigenvalue weighted by Crippen LogP contribution is -2.38. The minimum atomic E-state index is -3.60. The van der Waals surface area contributed by atoms with Gasteiger partial charge in [0.25, 0.3) is 0 Å². The van der Waals surface area contributed by atoms with Gasteiger partial charge in [-0.05, 0) is 24.7 Å². The normalized spacial score (nSPS) is 17.6. The van der Waals surface area contributed by atoms with E-state index in [0.29, 0.717) is 25.2 Å². The molecule has 0 aliphatic carbocycles. The average Bonchev–Trinajstić information content (AvgIpc) is 2.42. The van der Waals surface area contributed by atoms with Gasteiger partial charge in [0, 0.05) is 31.1 Å². The van der Waals surface area contributed by atoms with E-state index >= 15 is 0 Å². The number of nitrogens with one attached hydrogen (secondary N) is 1. The van der Waals surface area contributed by atoms with Crippen molar-refractivity contribution in [2.75, 3.05) is 31.6 Å². The predicted molar refractivity (Wildman–Crippen MR) is 75.2 cm³/mol. The summed E-state index contributed by atoms with van der Waals surface area (Å²) in [6, 6.07) is 3.93. The van der Waals surface area contributed by atoms with Crippen molar-refractivity contribution >= 4 is 21.8 Å². The molecule has 0 saturated carbocycles. The molecule has 0 amide bonds. The maximum atomic E-state index is 13.4. The topological polar surface area (TPSA) is 49.4 Å². The Morgan fingerprint density at radius 1 is 1.37 bits per heavy atom. The van der Waals surface area contributed by atoms with Crippen LogP contribution in [-0.4, -0.2) is 44.4 Å². The molecule has 0 aromatic heterocycles. The standard InChI is InChI=1S/C12H17FN2O2S2/c1-14-9-10-2-3-11(13)8-12(10)19(16,17)15-4-6-18-7-5-15/h2-3,8,14H,4-7,9H2,1H3. The third kappa shape index (κ3) is 3.28. The number of halogens is 1. The van der Waals surface area contributed by atoms with Crippen LogP contribution in [0.2, 0.25) is 0 Å². The van der Waals surface area contributed by atoms with E-state index in [9.17, 15) is 12.8 Å². The van der Waals surface area contributed by atoms with Crippen molar-refractivity contribution in [1.29, 1.82) is 0 Å². The van der Waals surface area contributed by atoms with Crippen molar-refractivity contribution in [3.05, 3.63) is 29.6 Å². The number of benzene rings is 1. The average molecular weight is 304 g/mol. The number of hydrogen-bond acceptors (Lipinski definition) is 4. The Balaban J connectivity index is 2.40. The molecule has 2 rings (SSSR count). The lowest BCUT2D eigenvalue weighted by atomic mass is 10.2. The van der Waals surface area contributed by atoms with Crippen LogP contribution in [0.3, 0.4) is 0 Å². The largest absolute Gasteiger partial charge is 0.316 e. The van der Waals surface area contributed by atoms with E-state index < -0.39 is 15.8 Å². The van der Waals surface area contributed by atoms with Crippen LogP contribution in [0.1, 0.15) is 5.56 Å². The van der Waals surface area contributed by atoms with Crippen LogP contribution in [0.4, 0.5) is 4.39 Å². The van der Waals surface area contributed by atoms with Gasteiger partial charge in [0.1, 0.15) is 5.82 Å². The molecule has 7 heteroatoms. The molecule has 106 valence electrons. The van der Waals surface area contributed by atoms with E-state index in [1.165, 1.54) is 16.4 Å². The summed E-state index contributed by atoms with van der Waals surface area (Å²) in [6.45, 7) is 1.38. The quantitative estimate of drug-likeness (QED) is 0.910. The molecule has 1 N–H and O–H groups in total. The molecule has 0 atom stereocenters. The lowest BCUT2D eigenvalue weighted by molar-refractivity contribution is 0.442. The summed E-state index contributed by atoms with van der Waals surface area (Å²) in [5, 5.41) is 2.91. The van der Waals surface area contributed by atoms with Crippen LogP contribution in [0.25, 0.3) is 0 Å². The van der Waals surface area contributed by atoms with Crippen LogP contribution >= 0.6 is 11.8 Å². The van der Waals surface area contributed by atoms with Crippen molar-refractivity contribution < 1.29 is 12.8 Å². The fourth-order valence-corrected chi connectivity index (χ4v) is 4.84. The number of thioether (sulfide) groups is 1. The first kappa shape index (κ1) is 14.8. The second-order valence-electron chi connectivity index (χ2n) is 4.30. The molecule has 0 bridgehead atoms. The summed E-state index contributed by atoms with van der Waals surface area (Å²) >= 11 is 1.74. The van der Waals surface area contributed by atoms with Gasteiger partial charge < -0.3 is 5.32 Å². The van der Waals surface area contributed by atoms with Gasteiger partial charge in [-0.3, -0.25) is 0 Å². The minimum Gasteiger partial charge on any atom is -0.316 e. The summed E-state index contributed by atoms with van der Waals surface area (Å²) in [7, 11) is -1.86. The number of rotatable bonds is 4. The molecule has 1 aromatic carbocycles. The van der Waals surface area contributed by atoms with E-state index in [4.69, 9.17) is 0 Å². The highest BCUT2D eigenvalue weighted by Crippen LogP contribution is 2.24. The van der Waals surface area contributed by atoms with Crippen molar-refractivity contribution in [2.45, 2.75) is 11.4 Å². The molecule has 1 heterocycles. The number of hydrogen-bond donors (Lipinski definition) is 1. The van der Waals surface area contributed by atoms with Gasteiger partial charge in [-0.1, -0.05) is 6.07 Å². The monoisotopic (exact) mass is 304 g/mol. The summed E-state index contributed by atoms with van der Waals surface area (Å²) in [5.41, 5.74) is 0.599. The smallest absolute Gasteiger partial charge is 0.243 e. The first-order valence-corrected chi connectivity index (χ1v) is 8.66. The third-order valence-electron chi connectivity index (χ3n) is 2.98. The highest BCUT2D eigenvalue weighted by Gasteiger charge is 2.28. The second kappa shape index (κ2) is 6.21. The van der Waals surface area contributed by atoms with Crippen LogP contribution in [0.15, 0.2) is 23.1 Å². The Morgan fingerprint density at radius 2 is 2.05 bits per heavy atom. The zero-order valence-electron chi connectivity index (χ0n) is 10.7. The fraction of sp³-hybridized carbons (Fsp3) is 0.500. The first-order valence-electron chi connectivity index (χ1n) is 6.06. The maximum Gasteiger partial charge on any atom is 0.243 e. The molecular formula is C12H17FN2O2S2. The molecule has 4 nitrogen and oxygen atoms in total. The fourth-order valence-electron chi connectivity index (χ4n) is 2.03. The molecule has 0 unspecified atom stereocenters. The second-order valence-corrected chi connectivity index (χ2v) is 7.43. The minimum absolute atomic E-state index is 0.0775. The highest BCUT2D eigenvalue weighted by atomic mass is 32.2. The van der Waals surface area contributed by atoms with E-state index in [2.05, 4.69) is 5.32 Å². The molecule has 1 aliphatic rings. The molecule has 0 spiro atoms. The van der Waals surface area contributed by atoms with E-state index in [-0.39, 0.29) is 4.90 Å². The van der Waals surface area contributed by atoms with Gasteiger partial charge in [-0.15, -0.1) is 0 Å². The maximum absolute atomic E-state index is 13.4. The van der Waals surface area contributed by atoms with Gasteiger partial charge in [0.15, 0.2) is 0 Å². The Kier molecular flexibility index (Phi) is 4.83. The number of sulfonamides is 1. The van der Waals surface area contributed by atoms with E-state index in [1.54, 1.807) is 18.8 Å². The van der Waals surface area contributed by atoms with Crippen LogP contribution in [-0.2, 0) is 16.6 Å². The SMILES string of the molecule is CNCc1ccc(F)cc1S(=O)(=O)N1CCSCC1. The van der Waals surface area contributed by atoms with Crippen molar-refractivity contribution in [2.24, 2.45) is 0 Å². The lowest BCUT2D eigenvalue weighted by Gasteiger charge is -2.26. The van der Waals surface area contributed by atoms with Crippen molar-refractivity contribution in [1.82, 2.24) is 9.62 Å². The third-order valence-corrected chi connectivity index (χ3v) is 5.91. The van der Waals surface area contributed by atoms with Crippen LogP contribution < -0.4 is 5.32 Å². The van der Waals surface area contributed by atoms with Crippen LogP contribution in [0, 0.1) is 5.82 Å². The molecule has 1 fully saturated rings. The molecule has 1 aliphatic heterocycles. The molecule has 0 radical (unpaired) electrons.